The Morgan fingerprint density at radius 2 is 1.57 bits per heavy atom. The van der Waals surface area contributed by atoms with E-state index >= 15 is 0 Å². The molecule has 108 valence electrons. The van der Waals surface area contributed by atoms with Gasteiger partial charge in [-0.3, -0.25) is 4.68 Å². The van der Waals surface area contributed by atoms with E-state index in [0.717, 1.165) is 11.2 Å². The van der Waals surface area contributed by atoms with Crippen LogP contribution in [-0.2, 0) is 7.05 Å². The van der Waals surface area contributed by atoms with Gasteiger partial charge >= 0.3 is 0 Å². The molecule has 0 aliphatic rings. The molecule has 0 aliphatic carbocycles. The van der Waals surface area contributed by atoms with Gasteiger partial charge in [0.05, 0.1) is 5.69 Å². The van der Waals surface area contributed by atoms with Crippen molar-refractivity contribution in [1.29, 1.82) is 0 Å². The Morgan fingerprint density at radius 3 is 2.19 bits per heavy atom. The number of nitrogens with two attached hydrogens (primary N) is 1. The average molecular weight is 281 g/mol. The largest absolute Gasteiger partial charge is 0.382 e. The fourth-order valence-electron chi connectivity index (χ4n) is 3.04. The summed E-state index contributed by atoms with van der Waals surface area (Å²) in [7, 11) is 1.92. The molecular formula is C16H19N5. The van der Waals surface area contributed by atoms with Crippen molar-refractivity contribution in [1.82, 2.24) is 19.7 Å². The standard InChI is InChI=1S/C16H19N5/c1-8-6-9(2)12(10(3)7-8)15-13-14(20-21(15)5)16(17)19-11(4)18-13/h6-7H,1-5H3,(H2,17,18,19). The number of nitrogens with zero attached hydrogens (tertiary/aromatic N) is 4. The van der Waals surface area contributed by atoms with E-state index in [4.69, 9.17) is 5.73 Å². The van der Waals surface area contributed by atoms with Crippen LogP contribution < -0.4 is 5.73 Å². The minimum Gasteiger partial charge on any atom is -0.382 e. The first-order valence-corrected chi connectivity index (χ1v) is 6.93. The summed E-state index contributed by atoms with van der Waals surface area (Å²) in [6.45, 7) is 8.19. The Morgan fingerprint density at radius 1 is 0.952 bits per heavy atom. The van der Waals surface area contributed by atoms with Crippen molar-refractivity contribution in [3.8, 4) is 11.3 Å². The second-order valence-corrected chi connectivity index (χ2v) is 5.60. The van der Waals surface area contributed by atoms with Crippen molar-refractivity contribution >= 4 is 16.9 Å². The van der Waals surface area contributed by atoms with E-state index in [-0.39, 0.29) is 0 Å². The number of rotatable bonds is 1. The van der Waals surface area contributed by atoms with Crippen LogP contribution in [0.1, 0.15) is 22.5 Å². The highest BCUT2D eigenvalue weighted by Crippen LogP contribution is 2.33. The minimum absolute atomic E-state index is 0.432. The summed E-state index contributed by atoms with van der Waals surface area (Å²) < 4.78 is 1.85. The van der Waals surface area contributed by atoms with Crippen molar-refractivity contribution in [2.24, 2.45) is 7.05 Å². The quantitative estimate of drug-likeness (QED) is 0.744. The van der Waals surface area contributed by atoms with Crippen LogP contribution in [-0.4, -0.2) is 19.7 Å². The van der Waals surface area contributed by atoms with Crippen LogP contribution in [0.15, 0.2) is 12.1 Å². The molecule has 21 heavy (non-hydrogen) atoms. The molecule has 3 rings (SSSR count). The lowest BCUT2D eigenvalue weighted by Gasteiger charge is -2.12. The third-order valence-electron chi connectivity index (χ3n) is 3.73. The van der Waals surface area contributed by atoms with Crippen molar-refractivity contribution in [3.63, 3.8) is 0 Å². The topological polar surface area (TPSA) is 69.6 Å². The maximum Gasteiger partial charge on any atom is 0.155 e. The Hall–Kier alpha value is -2.43. The van der Waals surface area contributed by atoms with Crippen LogP contribution in [0.25, 0.3) is 22.3 Å². The molecule has 0 amide bonds. The van der Waals surface area contributed by atoms with Gasteiger partial charge in [0.2, 0.25) is 0 Å². The van der Waals surface area contributed by atoms with Gasteiger partial charge in [0.15, 0.2) is 11.3 Å². The van der Waals surface area contributed by atoms with Crippen LogP contribution in [0.2, 0.25) is 0 Å². The molecule has 3 aromatic rings. The summed E-state index contributed by atoms with van der Waals surface area (Å²) in [6, 6.07) is 4.36. The molecule has 0 fully saturated rings. The van der Waals surface area contributed by atoms with Gasteiger partial charge < -0.3 is 5.73 Å². The lowest BCUT2D eigenvalue weighted by Crippen LogP contribution is -1.99. The maximum absolute atomic E-state index is 5.99. The van der Waals surface area contributed by atoms with E-state index in [2.05, 4.69) is 48.0 Å². The van der Waals surface area contributed by atoms with E-state index in [1.165, 1.54) is 22.3 Å². The van der Waals surface area contributed by atoms with Gasteiger partial charge in [0, 0.05) is 12.6 Å². The zero-order valence-corrected chi connectivity index (χ0v) is 13.0. The monoisotopic (exact) mass is 281 g/mol. The van der Waals surface area contributed by atoms with E-state index < -0.39 is 0 Å². The number of aryl methyl sites for hydroxylation is 5. The third kappa shape index (κ3) is 2.05. The molecule has 2 aromatic heterocycles. The summed E-state index contributed by atoms with van der Waals surface area (Å²) >= 11 is 0. The van der Waals surface area contributed by atoms with Crippen LogP contribution in [0.4, 0.5) is 5.82 Å². The number of fused-ring (bicyclic) bond motifs is 1. The van der Waals surface area contributed by atoms with Gasteiger partial charge in [0.1, 0.15) is 11.3 Å². The summed E-state index contributed by atoms with van der Waals surface area (Å²) in [6.07, 6.45) is 0. The molecule has 2 heterocycles. The number of aromatic nitrogens is 4. The normalized spacial score (nSPS) is 11.3. The molecule has 0 bridgehead atoms. The fourth-order valence-corrected chi connectivity index (χ4v) is 3.04. The number of hydrogen-bond acceptors (Lipinski definition) is 4. The molecule has 0 spiro atoms. The van der Waals surface area contributed by atoms with Crippen LogP contribution >= 0.6 is 0 Å². The van der Waals surface area contributed by atoms with Crippen LogP contribution in [0.5, 0.6) is 0 Å². The molecule has 5 nitrogen and oxygen atoms in total. The summed E-state index contributed by atoms with van der Waals surface area (Å²) in [5, 5.41) is 4.50. The van der Waals surface area contributed by atoms with Crippen molar-refractivity contribution in [2.45, 2.75) is 27.7 Å². The molecule has 0 saturated heterocycles. The first kappa shape index (κ1) is 13.5. The maximum atomic E-state index is 5.99. The van der Waals surface area contributed by atoms with E-state index in [9.17, 15) is 0 Å². The van der Waals surface area contributed by atoms with Crippen molar-refractivity contribution in [2.75, 3.05) is 5.73 Å². The molecule has 0 atom stereocenters. The molecule has 0 aliphatic heterocycles. The van der Waals surface area contributed by atoms with Gasteiger partial charge in [-0.2, -0.15) is 5.10 Å². The van der Waals surface area contributed by atoms with Crippen LogP contribution in [0, 0.1) is 27.7 Å². The summed E-state index contributed by atoms with van der Waals surface area (Å²) in [4.78, 5) is 8.76. The van der Waals surface area contributed by atoms with E-state index in [0.29, 0.717) is 17.2 Å². The highest BCUT2D eigenvalue weighted by atomic mass is 15.3. The van der Waals surface area contributed by atoms with Crippen LogP contribution in [0.3, 0.4) is 0 Å². The number of benzene rings is 1. The highest BCUT2D eigenvalue weighted by molar-refractivity contribution is 5.96. The third-order valence-corrected chi connectivity index (χ3v) is 3.73. The Bertz CT molecular complexity index is 838. The summed E-state index contributed by atoms with van der Waals surface area (Å²) in [5.74, 6) is 1.10. The number of anilines is 1. The van der Waals surface area contributed by atoms with Gasteiger partial charge in [0.25, 0.3) is 0 Å². The fraction of sp³-hybridized carbons (Fsp3) is 0.312. The first-order valence-electron chi connectivity index (χ1n) is 6.93. The number of hydrogen-bond donors (Lipinski definition) is 1. The molecule has 5 heteroatoms. The van der Waals surface area contributed by atoms with E-state index in [1.54, 1.807) is 0 Å². The van der Waals surface area contributed by atoms with Gasteiger partial charge in [-0.05, 0) is 38.8 Å². The van der Waals surface area contributed by atoms with Crippen molar-refractivity contribution in [3.05, 3.63) is 34.6 Å². The van der Waals surface area contributed by atoms with Crippen molar-refractivity contribution < 1.29 is 0 Å². The van der Waals surface area contributed by atoms with Gasteiger partial charge in [-0.15, -0.1) is 0 Å². The minimum atomic E-state index is 0.432. The zero-order valence-electron chi connectivity index (χ0n) is 13.0. The Kier molecular flexibility index (Phi) is 2.93. The predicted octanol–water partition coefficient (Wildman–Crippen LogP) is 2.85. The smallest absolute Gasteiger partial charge is 0.155 e. The zero-order chi connectivity index (χ0) is 15.3. The van der Waals surface area contributed by atoms with Gasteiger partial charge in [-0.25, -0.2) is 9.97 Å². The summed E-state index contributed by atoms with van der Waals surface area (Å²) in [5.41, 5.74) is 13.3. The first-order chi connectivity index (χ1) is 9.88. The lowest BCUT2D eigenvalue weighted by atomic mass is 9.96. The Labute approximate surface area is 123 Å². The second-order valence-electron chi connectivity index (χ2n) is 5.60. The molecule has 0 radical (unpaired) electrons. The molecule has 0 unspecified atom stereocenters. The SMILES string of the molecule is Cc1cc(C)c(-c2c3nc(C)nc(N)c3nn2C)c(C)c1. The number of nitrogen functional groups attached to an aromatic ring is 1. The van der Waals surface area contributed by atoms with Gasteiger partial charge in [-0.1, -0.05) is 17.7 Å². The second kappa shape index (κ2) is 4.55. The molecule has 2 N–H and O–H groups in total. The highest BCUT2D eigenvalue weighted by Gasteiger charge is 2.19. The molecular weight excluding hydrogens is 262 g/mol. The van der Waals surface area contributed by atoms with E-state index in [1.807, 2.05) is 18.7 Å². The average Bonchev–Trinajstić information content (AvgIpc) is 2.66. The Balaban J connectivity index is 2.44. The lowest BCUT2D eigenvalue weighted by molar-refractivity contribution is 0.786. The molecule has 0 saturated carbocycles. The predicted molar refractivity (Wildman–Crippen MR) is 85.1 cm³/mol. The molecule has 1 aromatic carbocycles.